The maximum Gasteiger partial charge on any atom is 0.165 e. The van der Waals surface area contributed by atoms with Crippen molar-refractivity contribution in [3.05, 3.63) is 59.2 Å². The van der Waals surface area contributed by atoms with Crippen LogP contribution in [-0.2, 0) is 18.4 Å². The molecule has 2 heterocycles. The zero-order valence-corrected chi connectivity index (χ0v) is 21.0. The number of rotatable bonds is 6. The first-order valence-electron chi connectivity index (χ1n) is 13.7. The standard InChI is InChI=1S/C30H38N2O3/c1-19(2)32(18-20-6-4-3-5-7-20)23-12-13-30(34)25-16-22-10-11-24(33)27-26(22)29(30,28(23)35-27)14-15-31(25)17-21-8-9-21/h3-7,10-11,19,21,23,25,28,33-34H,8-9,12-18H2,1-2H3/t23-,25+,28-,29-,30+/m0/s1. The molecule has 5 nitrogen and oxygen atoms in total. The number of hydrogen-bond donors (Lipinski definition) is 2. The molecule has 0 radical (unpaired) electrons. The number of piperidine rings is 1. The summed E-state index contributed by atoms with van der Waals surface area (Å²) in [5.41, 5.74) is 2.43. The first-order valence-corrected chi connectivity index (χ1v) is 13.7. The van der Waals surface area contributed by atoms with Crippen molar-refractivity contribution in [2.24, 2.45) is 5.92 Å². The summed E-state index contributed by atoms with van der Waals surface area (Å²) < 4.78 is 6.81. The largest absolute Gasteiger partial charge is 0.504 e. The van der Waals surface area contributed by atoms with Gasteiger partial charge in [0.1, 0.15) is 6.10 Å². The number of aromatic hydroxyl groups is 1. The zero-order valence-electron chi connectivity index (χ0n) is 21.0. The Bertz CT molecular complexity index is 1130. The van der Waals surface area contributed by atoms with E-state index in [1.807, 2.05) is 6.07 Å². The van der Waals surface area contributed by atoms with Crippen LogP contribution in [0.5, 0.6) is 11.5 Å². The summed E-state index contributed by atoms with van der Waals surface area (Å²) in [6.45, 7) is 7.53. The van der Waals surface area contributed by atoms with Crippen molar-refractivity contribution < 1.29 is 14.9 Å². The highest BCUT2D eigenvalue weighted by atomic mass is 16.5. The lowest BCUT2D eigenvalue weighted by Crippen LogP contribution is -2.78. The number of likely N-dealkylation sites (tertiary alicyclic amines) is 1. The van der Waals surface area contributed by atoms with Gasteiger partial charge in [0.25, 0.3) is 0 Å². The van der Waals surface area contributed by atoms with Crippen LogP contribution in [-0.4, -0.2) is 62.9 Å². The van der Waals surface area contributed by atoms with Crippen molar-refractivity contribution in [3.8, 4) is 11.5 Å². The van der Waals surface area contributed by atoms with E-state index in [1.54, 1.807) is 0 Å². The van der Waals surface area contributed by atoms with E-state index in [0.717, 1.165) is 56.8 Å². The molecule has 0 aromatic heterocycles. The molecular weight excluding hydrogens is 436 g/mol. The van der Waals surface area contributed by atoms with Crippen LogP contribution in [0, 0.1) is 5.92 Å². The molecule has 3 fully saturated rings. The maximum atomic E-state index is 12.7. The summed E-state index contributed by atoms with van der Waals surface area (Å²) in [5, 5.41) is 23.6. The average molecular weight is 475 g/mol. The third kappa shape index (κ3) is 3.04. The van der Waals surface area contributed by atoms with Gasteiger partial charge < -0.3 is 14.9 Å². The molecule has 2 bridgehead atoms. The monoisotopic (exact) mass is 474 g/mol. The molecular formula is C30H38N2O3. The van der Waals surface area contributed by atoms with Crippen LogP contribution in [0.1, 0.15) is 62.6 Å². The second-order valence-corrected chi connectivity index (χ2v) is 12.1. The quantitative estimate of drug-likeness (QED) is 0.656. The highest BCUT2D eigenvalue weighted by molar-refractivity contribution is 5.62. The van der Waals surface area contributed by atoms with E-state index >= 15 is 0 Å². The third-order valence-corrected chi connectivity index (χ3v) is 10.0. The van der Waals surface area contributed by atoms with Gasteiger partial charge in [0, 0.05) is 36.8 Å². The van der Waals surface area contributed by atoms with Gasteiger partial charge in [-0.1, -0.05) is 36.4 Å². The summed E-state index contributed by atoms with van der Waals surface area (Å²) in [7, 11) is 0. The minimum Gasteiger partial charge on any atom is -0.504 e. The Kier molecular flexibility index (Phi) is 4.88. The van der Waals surface area contributed by atoms with Gasteiger partial charge >= 0.3 is 0 Å². The van der Waals surface area contributed by atoms with Gasteiger partial charge in [-0.2, -0.15) is 0 Å². The van der Waals surface area contributed by atoms with Gasteiger partial charge in [0.05, 0.1) is 11.0 Å². The van der Waals surface area contributed by atoms with Gasteiger partial charge in [-0.05, 0) is 82.0 Å². The Hall–Kier alpha value is -2.08. The van der Waals surface area contributed by atoms with Gasteiger partial charge in [-0.15, -0.1) is 0 Å². The molecule has 186 valence electrons. The predicted molar refractivity (Wildman–Crippen MR) is 136 cm³/mol. The van der Waals surface area contributed by atoms with E-state index in [1.165, 1.54) is 24.0 Å². The van der Waals surface area contributed by atoms with Crippen LogP contribution in [0.25, 0.3) is 0 Å². The molecule has 2 N–H and O–H groups in total. The molecule has 2 saturated carbocycles. The molecule has 2 aliphatic heterocycles. The topological polar surface area (TPSA) is 56.2 Å². The molecule has 1 spiro atoms. The van der Waals surface area contributed by atoms with Crippen LogP contribution in [0.3, 0.4) is 0 Å². The fraction of sp³-hybridized carbons (Fsp3) is 0.600. The number of aliphatic hydroxyl groups is 1. The Morgan fingerprint density at radius 3 is 2.63 bits per heavy atom. The fourth-order valence-corrected chi connectivity index (χ4v) is 8.27. The maximum absolute atomic E-state index is 12.7. The number of phenols is 1. The van der Waals surface area contributed by atoms with E-state index < -0.39 is 11.0 Å². The Morgan fingerprint density at radius 1 is 1.09 bits per heavy atom. The number of hydrogen-bond acceptors (Lipinski definition) is 5. The zero-order chi connectivity index (χ0) is 23.9. The molecule has 2 aromatic rings. The first-order chi connectivity index (χ1) is 16.9. The number of ether oxygens (including phenoxy) is 1. The van der Waals surface area contributed by atoms with Crippen molar-refractivity contribution >= 4 is 0 Å². The van der Waals surface area contributed by atoms with Crippen molar-refractivity contribution in [2.45, 2.75) is 94.2 Å². The Balaban J connectivity index is 1.33. The molecule has 5 atom stereocenters. The molecule has 5 heteroatoms. The molecule has 0 amide bonds. The van der Waals surface area contributed by atoms with Crippen LogP contribution >= 0.6 is 0 Å². The van der Waals surface area contributed by atoms with Crippen molar-refractivity contribution in [3.63, 3.8) is 0 Å². The number of benzene rings is 2. The van der Waals surface area contributed by atoms with E-state index in [2.05, 4.69) is 60.0 Å². The third-order valence-electron chi connectivity index (χ3n) is 10.0. The van der Waals surface area contributed by atoms with Gasteiger partial charge in [0.15, 0.2) is 11.5 Å². The normalized spacial score (nSPS) is 35.3. The highest BCUT2D eigenvalue weighted by Crippen LogP contribution is 2.66. The molecule has 3 aliphatic carbocycles. The van der Waals surface area contributed by atoms with Crippen LogP contribution in [0.2, 0.25) is 0 Å². The summed E-state index contributed by atoms with van der Waals surface area (Å²) in [5.74, 6) is 1.68. The van der Waals surface area contributed by atoms with Gasteiger partial charge in [-0.25, -0.2) is 0 Å². The molecule has 7 rings (SSSR count). The lowest BCUT2D eigenvalue weighted by molar-refractivity contribution is -0.203. The van der Waals surface area contributed by atoms with Crippen molar-refractivity contribution in [2.75, 3.05) is 13.1 Å². The van der Waals surface area contributed by atoms with Gasteiger partial charge in [-0.3, -0.25) is 9.80 Å². The summed E-state index contributed by atoms with van der Waals surface area (Å²) in [4.78, 5) is 5.19. The van der Waals surface area contributed by atoms with Crippen molar-refractivity contribution in [1.29, 1.82) is 0 Å². The SMILES string of the molecule is CC(C)N(Cc1ccccc1)[C@H]1CC[C@@]2(O)[C@H]3Cc4ccc(O)c5c4[C@@]2(CCN3CC2CC2)[C@H]1O5. The van der Waals surface area contributed by atoms with E-state index in [0.29, 0.717) is 11.8 Å². The molecule has 35 heavy (non-hydrogen) atoms. The number of phenolic OH excluding ortho intramolecular Hbond substituents is 1. The van der Waals surface area contributed by atoms with Crippen molar-refractivity contribution in [1.82, 2.24) is 9.80 Å². The minimum atomic E-state index is -0.817. The minimum absolute atomic E-state index is 0.133. The smallest absolute Gasteiger partial charge is 0.165 e. The first kappa shape index (κ1) is 22.1. The fourth-order valence-electron chi connectivity index (χ4n) is 8.27. The lowest BCUT2D eigenvalue weighted by Gasteiger charge is -2.65. The molecule has 1 saturated heterocycles. The lowest BCUT2D eigenvalue weighted by atomic mass is 9.48. The van der Waals surface area contributed by atoms with Crippen LogP contribution < -0.4 is 4.74 Å². The summed E-state index contributed by atoms with van der Waals surface area (Å²) in [6, 6.07) is 15.3. The van der Waals surface area contributed by atoms with E-state index in [4.69, 9.17) is 4.74 Å². The summed E-state index contributed by atoms with van der Waals surface area (Å²) in [6.07, 6.45) is 5.96. The van der Waals surface area contributed by atoms with Gasteiger partial charge in [0.2, 0.25) is 0 Å². The summed E-state index contributed by atoms with van der Waals surface area (Å²) >= 11 is 0. The second-order valence-electron chi connectivity index (χ2n) is 12.1. The average Bonchev–Trinajstić information content (AvgIpc) is 3.59. The molecule has 5 aliphatic rings. The Morgan fingerprint density at radius 2 is 1.89 bits per heavy atom. The van der Waals surface area contributed by atoms with E-state index in [-0.39, 0.29) is 23.9 Å². The molecule has 2 aromatic carbocycles. The van der Waals surface area contributed by atoms with Crippen LogP contribution in [0.4, 0.5) is 0 Å². The Labute approximate surface area is 208 Å². The highest BCUT2D eigenvalue weighted by Gasteiger charge is 2.73. The molecule has 0 unspecified atom stereocenters. The van der Waals surface area contributed by atoms with Crippen LogP contribution in [0.15, 0.2) is 42.5 Å². The number of nitrogens with zero attached hydrogens (tertiary/aromatic N) is 2. The predicted octanol–water partition coefficient (Wildman–Crippen LogP) is 4.24. The second kappa shape index (κ2) is 7.71. The van der Waals surface area contributed by atoms with E-state index in [9.17, 15) is 10.2 Å².